The summed E-state index contributed by atoms with van der Waals surface area (Å²) in [6.45, 7) is 3.91. The van der Waals surface area contributed by atoms with Crippen LogP contribution in [0, 0.1) is 24.4 Å². The largest absolute Gasteiger partial charge is 0.306 e. The van der Waals surface area contributed by atoms with Gasteiger partial charge in [-0.05, 0) is 48.9 Å². The maximum atomic E-state index is 14.1. The van der Waals surface area contributed by atoms with Crippen LogP contribution in [0.1, 0.15) is 29.7 Å². The van der Waals surface area contributed by atoms with E-state index in [-0.39, 0.29) is 11.1 Å². The van der Waals surface area contributed by atoms with Gasteiger partial charge in [-0.1, -0.05) is 19.1 Å². The second-order valence-corrected chi connectivity index (χ2v) is 4.67. The van der Waals surface area contributed by atoms with Gasteiger partial charge in [0.25, 0.3) is 0 Å². The van der Waals surface area contributed by atoms with E-state index in [9.17, 15) is 13.2 Å². The molecule has 20 heavy (non-hydrogen) atoms. The average Bonchev–Trinajstić information content (AvgIpc) is 2.40. The SMILES string of the molecule is CCNC(c1cccc(F)c1)c1cc(F)c(C)cc1F. The molecule has 0 saturated carbocycles. The zero-order chi connectivity index (χ0) is 14.7. The van der Waals surface area contributed by atoms with Gasteiger partial charge in [0, 0.05) is 5.56 Å². The standard InChI is InChI=1S/C16H16F3N/c1-3-20-16(11-5-4-6-12(17)8-11)13-9-14(18)10(2)7-15(13)19/h4-9,16,20H,3H2,1-2H3. The highest BCUT2D eigenvalue weighted by Gasteiger charge is 2.19. The zero-order valence-electron chi connectivity index (χ0n) is 11.4. The molecule has 0 bridgehead atoms. The van der Waals surface area contributed by atoms with Crippen molar-refractivity contribution in [3.05, 3.63) is 70.5 Å². The van der Waals surface area contributed by atoms with Crippen LogP contribution < -0.4 is 5.32 Å². The Bertz CT molecular complexity index is 611. The van der Waals surface area contributed by atoms with Crippen LogP contribution in [0.5, 0.6) is 0 Å². The van der Waals surface area contributed by atoms with Crippen molar-refractivity contribution in [1.29, 1.82) is 0 Å². The summed E-state index contributed by atoms with van der Waals surface area (Å²) >= 11 is 0. The van der Waals surface area contributed by atoms with E-state index in [1.807, 2.05) is 6.92 Å². The molecular formula is C16H16F3N. The Morgan fingerprint density at radius 2 is 1.80 bits per heavy atom. The monoisotopic (exact) mass is 279 g/mol. The molecule has 0 aliphatic heterocycles. The van der Waals surface area contributed by atoms with Gasteiger partial charge in [-0.15, -0.1) is 0 Å². The van der Waals surface area contributed by atoms with Gasteiger partial charge in [-0.25, -0.2) is 13.2 Å². The number of hydrogen-bond donors (Lipinski definition) is 1. The van der Waals surface area contributed by atoms with E-state index in [0.717, 1.165) is 6.07 Å². The summed E-state index contributed by atoms with van der Waals surface area (Å²) in [5.41, 5.74) is 0.996. The molecule has 1 nitrogen and oxygen atoms in total. The van der Waals surface area contributed by atoms with Gasteiger partial charge in [-0.2, -0.15) is 0 Å². The van der Waals surface area contributed by atoms with Gasteiger partial charge < -0.3 is 5.32 Å². The van der Waals surface area contributed by atoms with E-state index in [2.05, 4.69) is 5.32 Å². The fourth-order valence-electron chi connectivity index (χ4n) is 2.18. The molecule has 2 rings (SSSR count). The minimum Gasteiger partial charge on any atom is -0.306 e. The van der Waals surface area contributed by atoms with E-state index in [0.29, 0.717) is 12.1 Å². The summed E-state index contributed by atoms with van der Waals surface area (Å²) in [6.07, 6.45) is 0. The first-order valence-corrected chi connectivity index (χ1v) is 6.47. The molecule has 1 atom stereocenters. The highest BCUT2D eigenvalue weighted by Crippen LogP contribution is 2.27. The van der Waals surface area contributed by atoms with Gasteiger partial charge in [0.1, 0.15) is 17.5 Å². The van der Waals surface area contributed by atoms with Crippen molar-refractivity contribution in [3.63, 3.8) is 0 Å². The molecule has 2 aromatic carbocycles. The first-order chi connectivity index (χ1) is 9.52. The molecule has 0 spiro atoms. The minimum absolute atomic E-state index is 0.181. The van der Waals surface area contributed by atoms with Crippen LogP contribution in [-0.4, -0.2) is 6.54 Å². The van der Waals surface area contributed by atoms with Crippen LogP contribution in [0.25, 0.3) is 0 Å². The molecule has 1 N–H and O–H groups in total. The predicted octanol–water partition coefficient (Wildman–Crippen LogP) is 4.11. The number of nitrogens with one attached hydrogen (secondary N) is 1. The first kappa shape index (κ1) is 14.6. The van der Waals surface area contributed by atoms with Gasteiger partial charge in [0.15, 0.2) is 0 Å². The molecule has 1 unspecified atom stereocenters. The third-order valence-electron chi connectivity index (χ3n) is 3.18. The lowest BCUT2D eigenvalue weighted by Gasteiger charge is -2.20. The van der Waals surface area contributed by atoms with Crippen LogP contribution in [0.3, 0.4) is 0 Å². The highest BCUT2D eigenvalue weighted by molar-refractivity contribution is 5.35. The summed E-state index contributed by atoms with van der Waals surface area (Å²) in [6, 6.07) is 7.64. The number of aryl methyl sites for hydroxylation is 1. The predicted molar refractivity (Wildman–Crippen MR) is 73.0 cm³/mol. The Balaban J connectivity index is 2.51. The maximum absolute atomic E-state index is 14.1. The van der Waals surface area contributed by atoms with E-state index >= 15 is 0 Å². The summed E-state index contributed by atoms with van der Waals surface area (Å²) in [4.78, 5) is 0. The molecule has 0 saturated heterocycles. The average molecular weight is 279 g/mol. The van der Waals surface area contributed by atoms with Crippen molar-refractivity contribution in [2.24, 2.45) is 0 Å². The first-order valence-electron chi connectivity index (χ1n) is 6.47. The van der Waals surface area contributed by atoms with Crippen LogP contribution in [0.4, 0.5) is 13.2 Å². The van der Waals surface area contributed by atoms with Crippen molar-refractivity contribution in [2.75, 3.05) is 6.54 Å². The molecular weight excluding hydrogens is 263 g/mol. The van der Waals surface area contributed by atoms with Crippen molar-refractivity contribution in [3.8, 4) is 0 Å². The Kier molecular flexibility index (Phi) is 4.45. The molecule has 0 amide bonds. The van der Waals surface area contributed by atoms with Gasteiger partial charge in [0.05, 0.1) is 6.04 Å². The summed E-state index contributed by atoms with van der Waals surface area (Å²) in [5, 5.41) is 3.06. The Labute approximate surface area is 116 Å². The second kappa shape index (κ2) is 6.09. The summed E-state index contributed by atoms with van der Waals surface area (Å²) in [5.74, 6) is -1.38. The van der Waals surface area contributed by atoms with Crippen LogP contribution in [0.15, 0.2) is 36.4 Å². The van der Waals surface area contributed by atoms with Gasteiger partial charge in [0.2, 0.25) is 0 Å². The Hall–Kier alpha value is -1.81. The van der Waals surface area contributed by atoms with Gasteiger partial charge >= 0.3 is 0 Å². The van der Waals surface area contributed by atoms with E-state index in [1.54, 1.807) is 12.1 Å². The topological polar surface area (TPSA) is 12.0 Å². The summed E-state index contributed by atoms with van der Waals surface area (Å²) < 4.78 is 41.1. The van der Waals surface area contributed by atoms with Crippen LogP contribution in [-0.2, 0) is 0 Å². The molecule has 0 heterocycles. The van der Waals surface area contributed by atoms with Gasteiger partial charge in [-0.3, -0.25) is 0 Å². The molecule has 2 aromatic rings. The quantitative estimate of drug-likeness (QED) is 0.888. The lowest BCUT2D eigenvalue weighted by Crippen LogP contribution is -2.23. The lowest BCUT2D eigenvalue weighted by atomic mass is 9.96. The lowest BCUT2D eigenvalue weighted by molar-refractivity contribution is 0.538. The van der Waals surface area contributed by atoms with Crippen molar-refractivity contribution in [1.82, 2.24) is 5.32 Å². The maximum Gasteiger partial charge on any atom is 0.128 e. The number of halogens is 3. The van der Waals surface area contributed by atoms with Crippen LogP contribution in [0.2, 0.25) is 0 Å². The highest BCUT2D eigenvalue weighted by atomic mass is 19.1. The molecule has 0 aliphatic carbocycles. The fraction of sp³-hybridized carbons (Fsp3) is 0.250. The van der Waals surface area contributed by atoms with Crippen molar-refractivity contribution in [2.45, 2.75) is 19.9 Å². The van der Waals surface area contributed by atoms with E-state index in [1.165, 1.54) is 25.1 Å². The molecule has 0 aromatic heterocycles. The van der Waals surface area contributed by atoms with Crippen molar-refractivity contribution >= 4 is 0 Å². The fourth-order valence-corrected chi connectivity index (χ4v) is 2.18. The van der Waals surface area contributed by atoms with Crippen molar-refractivity contribution < 1.29 is 13.2 Å². The molecule has 0 radical (unpaired) electrons. The third kappa shape index (κ3) is 3.02. The zero-order valence-corrected chi connectivity index (χ0v) is 11.4. The number of benzene rings is 2. The second-order valence-electron chi connectivity index (χ2n) is 4.67. The summed E-state index contributed by atoms with van der Waals surface area (Å²) in [7, 11) is 0. The Morgan fingerprint density at radius 3 is 2.45 bits per heavy atom. The van der Waals surface area contributed by atoms with E-state index in [4.69, 9.17) is 0 Å². The smallest absolute Gasteiger partial charge is 0.128 e. The van der Waals surface area contributed by atoms with E-state index < -0.39 is 23.5 Å². The normalized spacial score (nSPS) is 12.4. The molecule has 0 aliphatic rings. The Morgan fingerprint density at radius 1 is 1.05 bits per heavy atom. The molecule has 106 valence electrons. The van der Waals surface area contributed by atoms with Crippen LogP contribution >= 0.6 is 0 Å². The minimum atomic E-state index is -0.578. The third-order valence-corrected chi connectivity index (χ3v) is 3.18. The number of rotatable bonds is 4. The number of hydrogen-bond acceptors (Lipinski definition) is 1. The molecule has 0 fully saturated rings. The molecule has 4 heteroatoms.